The smallest absolute Gasteiger partial charge is 0.142 e. The molecule has 0 radical (unpaired) electrons. The Balaban J connectivity index is 1.75. The van der Waals surface area contributed by atoms with Crippen LogP contribution in [0.15, 0.2) is 18.2 Å². The van der Waals surface area contributed by atoms with Crippen molar-refractivity contribution in [3.63, 3.8) is 0 Å². The molecule has 18 heavy (non-hydrogen) atoms. The maximum atomic E-state index is 13.1. The van der Waals surface area contributed by atoms with Crippen molar-refractivity contribution in [1.29, 1.82) is 0 Å². The number of hydrogen-bond donors (Lipinski definition) is 0. The van der Waals surface area contributed by atoms with Gasteiger partial charge in [-0.25, -0.2) is 4.39 Å². The Labute approximate surface area is 116 Å². The molecule has 0 heterocycles. The van der Waals surface area contributed by atoms with Gasteiger partial charge < -0.3 is 4.74 Å². The molecule has 4 heteroatoms. The van der Waals surface area contributed by atoms with Gasteiger partial charge in [0.25, 0.3) is 0 Å². The molecule has 0 aromatic heterocycles. The first-order chi connectivity index (χ1) is 8.62. The fourth-order valence-corrected chi connectivity index (χ4v) is 3.94. The van der Waals surface area contributed by atoms with E-state index >= 15 is 0 Å². The topological polar surface area (TPSA) is 9.23 Å². The van der Waals surface area contributed by atoms with Crippen LogP contribution in [-0.4, -0.2) is 11.5 Å². The summed E-state index contributed by atoms with van der Waals surface area (Å²) in [5, 5.41) is 0.329. The van der Waals surface area contributed by atoms with Gasteiger partial charge in [0.15, 0.2) is 0 Å². The first-order valence-corrected chi connectivity index (χ1v) is 7.19. The Morgan fingerprint density at radius 2 is 2.00 bits per heavy atom. The lowest BCUT2D eigenvalue weighted by Gasteiger charge is -2.50. The number of hydrogen-bond acceptors (Lipinski definition) is 1. The second-order valence-corrected chi connectivity index (χ2v) is 6.26. The van der Waals surface area contributed by atoms with Gasteiger partial charge in [0.1, 0.15) is 17.7 Å². The molecule has 1 aromatic carbocycles. The Bertz CT molecular complexity index is 457. The van der Waals surface area contributed by atoms with Crippen molar-refractivity contribution < 1.29 is 9.13 Å². The largest absolute Gasteiger partial charge is 0.490 e. The summed E-state index contributed by atoms with van der Waals surface area (Å²) in [6, 6.07) is 4.52. The summed E-state index contributed by atoms with van der Waals surface area (Å²) in [5.41, 5.74) is 0.141. The van der Waals surface area contributed by atoms with E-state index in [4.69, 9.17) is 27.9 Å². The minimum atomic E-state index is -0.413. The maximum absolute atomic E-state index is 13.1. The average Bonchev–Trinajstić information content (AvgIpc) is 2.85. The van der Waals surface area contributed by atoms with Crippen LogP contribution in [0.2, 0.25) is 5.02 Å². The molecule has 0 aliphatic heterocycles. The van der Waals surface area contributed by atoms with E-state index in [0.29, 0.717) is 5.75 Å². The van der Waals surface area contributed by atoms with Crippen LogP contribution < -0.4 is 4.74 Å². The number of ether oxygens (including phenoxy) is 1. The van der Waals surface area contributed by atoms with E-state index in [9.17, 15) is 4.39 Å². The lowest BCUT2D eigenvalue weighted by atomic mass is 9.64. The predicted molar refractivity (Wildman–Crippen MR) is 71.0 cm³/mol. The highest BCUT2D eigenvalue weighted by molar-refractivity contribution is 6.30. The molecule has 2 aliphatic rings. The summed E-state index contributed by atoms with van der Waals surface area (Å²) < 4.78 is 19.0. The Kier molecular flexibility index (Phi) is 3.19. The van der Waals surface area contributed by atoms with Crippen LogP contribution >= 0.6 is 23.2 Å². The molecule has 1 spiro atoms. The number of benzene rings is 1. The standard InChI is InChI=1S/C14H15Cl2FO/c15-10-7-9(3-4-11(10)17)18-13-8-12(16)14(13)5-1-2-6-14/h3-4,7,12-13H,1-2,5-6,8H2. The van der Waals surface area contributed by atoms with Gasteiger partial charge >= 0.3 is 0 Å². The number of alkyl halides is 1. The van der Waals surface area contributed by atoms with Crippen LogP contribution in [0.5, 0.6) is 5.75 Å². The van der Waals surface area contributed by atoms with Crippen molar-refractivity contribution in [1.82, 2.24) is 0 Å². The summed E-state index contributed by atoms with van der Waals surface area (Å²) in [4.78, 5) is 0. The normalized spacial score (nSPS) is 29.3. The third kappa shape index (κ3) is 1.90. The number of halogens is 3. The molecule has 0 bridgehead atoms. The van der Waals surface area contributed by atoms with Crippen LogP contribution in [0.3, 0.4) is 0 Å². The zero-order valence-electron chi connectivity index (χ0n) is 9.96. The Hall–Kier alpha value is -0.470. The number of rotatable bonds is 2. The molecule has 0 N–H and O–H groups in total. The molecule has 2 aliphatic carbocycles. The molecule has 0 saturated heterocycles. The SMILES string of the molecule is Fc1ccc(OC2CC(Cl)C23CCCC3)cc1Cl. The molecular formula is C14H15Cl2FO. The van der Waals surface area contributed by atoms with E-state index in [0.717, 1.165) is 19.3 Å². The third-order valence-electron chi connectivity index (χ3n) is 4.39. The predicted octanol–water partition coefficient (Wildman–Crippen LogP) is 4.80. The van der Waals surface area contributed by atoms with E-state index in [1.807, 2.05) is 0 Å². The van der Waals surface area contributed by atoms with Crippen LogP contribution in [0.4, 0.5) is 4.39 Å². The summed E-state index contributed by atoms with van der Waals surface area (Å²) in [5.74, 6) is 0.227. The van der Waals surface area contributed by atoms with Gasteiger partial charge in [0.05, 0.1) is 5.02 Å². The third-order valence-corrected chi connectivity index (χ3v) is 5.29. The lowest BCUT2D eigenvalue weighted by Crippen LogP contribution is -2.55. The van der Waals surface area contributed by atoms with Gasteiger partial charge in [-0.05, 0) is 25.0 Å². The second kappa shape index (κ2) is 4.57. The molecule has 98 valence electrons. The Morgan fingerprint density at radius 3 is 2.61 bits per heavy atom. The fourth-order valence-electron chi connectivity index (χ4n) is 3.25. The molecule has 0 amide bonds. The average molecular weight is 289 g/mol. The highest BCUT2D eigenvalue weighted by Crippen LogP contribution is 2.57. The van der Waals surface area contributed by atoms with Crippen molar-refractivity contribution in [2.24, 2.45) is 5.41 Å². The van der Waals surface area contributed by atoms with Gasteiger partial charge in [-0.15, -0.1) is 11.6 Å². The van der Waals surface area contributed by atoms with Crippen molar-refractivity contribution in [2.45, 2.75) is 43.6 Å². The zero-order valence-corrected chi connectivity index (χ0v) is 11.5. The van der Waals surface area contributed by atoms with Crippen LogP contribution in [0, 0.1) is 11.2 Å². The van der Waals surface area contributed by atoms with E-state index in [1.165, 1.54) is 18.9 Å². The van der Waals surface area contributed by atoms with E-state index in [-0.39, 0.29) is 21.9 Å². The van der Waals surface area contributed by atoms with E-state index in [1.54, 1.807) is 12.1 Å². The maximum Gasteiger partial charge on any atom is 0.142 e. The summed E-state index contributed by atoms with van der Waals surface area (Å²) in [7, 11) is 0. The van der Waals surface area contributed by atoms with E-state index in [2.05, 4.69) is 0 Å². The highest BCUT2D eigenvalue weighted by Gasteiger charge is 2.56. The molecule has 2 atom stereocenters. The van der Waals surface area contributed by atoms with Gasteiger partial charge in [-0.1, -0.05) is 24.4 Å². The quantitative estimate of drug-likeness (QED) is 0.711. The van der Waals surface area contributed by atoms with Crippen LogP contribution in [-0.2, 0) is 0 Å². The molecule has 2 fully saturated rings. The zero-order chi connectivity index (χ0) is 12.8. The summed E-state index contributed by atoms with van der Waals surface area (Å²) in [6.45, 7) is 0. The van der Waals surface area contributed by atoms with Crippen molar-refractivity contribution in [3.8, 4) is 5.75 Å². The molecular weight excluding hydrogens is 274 g/mol. The molecule has 1 aromatic rings. The molecule has 2 saturated carbocycles. The summed E-state index contributed by atoms with van der Waals surface area (Å²) in [6.07, 6.45) is 5.77. The minimum Gasteiger partial charge on any atom is -0.490 e. The molecule has 2 unspecified atom stereocenters. The minimum absolute atomic E-state index is 0.106. The fraction of sp³-hybridized carbons (Fsp3) is 0.571. The second-order valence-electron chi connectivity index (χ2n) is 5.33. The molecule has 3 rings (SSSR count). The van der Waals surface area contributed by atoms with E-state index < -0.39 is 5.82 Å². The first kappa shape index (κ1) is 12.6. The summed E-state index contributed by atoms with van der Waals surface area (Å²) >= 11 is 12.1. The van der Waals surface area contributed by atoms with Gasteiger partial charge in [0, 0.05) is 23.3 Å². The first-order valence-electron chi connectivity index (χ1n) is 6.37. The Morgan fingerprint density at radius 1 is 1.28 bits per heavy atom. The van der Waals surface area contributed by atoms with Crippen molar-refractivity contribution >= 4 is 23.2 Å². The van der Waals surface area contributed by atoms with Gasteiger partial charge in [0.2, 0.25) is 0 Å². The molecule has 1 nitrogen and oxygen atoms in total. The van der Waals surface area contributed by atoms with Gasteiger partial charge in [-0.3, -0.25) is 0 Å². The highest BCUT2D eigenvalue weighted by atomic mass is 35.5. The lowest BCUT2D eigenvalue weighted by molar-refractivity contribution is -0.0355. The van der Waals surface area contributed by atoms with Crippen molar-refractivity contribution in [3.05, 3.63) is 29.0 Å². The van der Waals surface area contributed by atoms with Gasteiger partial charge in [-0.2, -0.15) is 0 Å². The van der Waals surface area contributed by atoms with Crippen LogP contribution in [0.25, 0.3) is 0 Å². The van der Waals surface area contributed by atoms with Crippen LogP contribution in [0.1, 0.15) is 32.1 Å². The van der Waals surface area contributed by atoms with Crippen molar-refractivity contribution in [2.75, 3.05) is 0 Å². The monoisotopic (exact) mass is 288 g/mol.